The predicted octanol–water partition coefficient (Wildman–Crippen LogP) is 3.66. The van der Waals surface area contributed by atoms with E-state index in [4.69, 9.17) is 9.15 Å². The Bertz CT molecular complexity index is 1390. The van der Waals surface area contributed by atoms with Crippen LogP contribution in [-0.2, 0) is 0 Å². The SMILES string of the molecule is COc1ccc(N2C(=O)c3ccc(-c4nc5ccccc5c(=O)o4)cc3C2=O)cc1. The lowest BCUT2D eigenvalue weighted by molar-refractivity contribution is 0.0926. The number of ether oxygens (including phenoxy) is 1. The van der Waals surface area contributed by atoms with Gasteiger partial charge in [0.2, 0.25) is 5.89 Å². The normalized spacial score (nSPS) is 13.0. The molecule has 7 heteroatoms. The van der Waals surface area contributed by atoms with Gasteiger partial charge in [0, 0.05) is 5.56 Å². The molecule has 4 aromatic rings. The molecule has 0 radical (unpaired) electrons. The van der Waals surface area contributed by atoms with Crippen molar-refractivity contribution >= 4 is 28.4 Å². The van der Waals surface area contributed by atoms with Crippen LogP contribution in [0.4, 0.5) is 5.69 Å². The van der Waals surface area contributed by atoms with Crippen LogP contribution in [0, 0.1) is 0 Å². The highest BCUT2D eigenvalue weighted by atomic mass is 16.5. The third-order valence-electron chi connectivity index (χ3n) is 5.00. The molecule has 2 amide bonds. The van der Waals surface area contributed by atoms with Gasteiger partial charge in [-0.25, -0.2) is 14.7 Å². The number of rotatable bonds is 3. The molecule has 3 aromatic carbocycles. The van der Waals surface area contributed by atoms with Gasteiger partial charge in [-0.3, -0.25) is 9.59 Å². The minimum Gasteiger partial charge on any atom is -0.497 e. The first-order valence-corrected chi connectivity index (χ1v) is 9.14. The summed E-state index contributed by atoms with van der Waals surface area (Å²) in [5, 5.41) is 0.374. The van der Waals surface area contributed by atoms with Crippen LogP contribution < -0.4 is 15.3 Å². The fourth-order valence-electron chi connectivity index (χ4n) is 3.48. The Morgan fingerprint density at radius 1 is 0.867 bits per heavy atom. The number of aromatic nitrogens is 1. The molecule has 146 valence electrons. The molecule has 1 aliphatic heterocycles. The van der Waals surface area contributed by atoms with Crippen LogP contribution in [0.3, 0.4) is 0 Å². The summed E-state index contributed by atoms with van der Waals surface area (Å²) in [6.45, 7) is 0. The van der Waals surface area contributed by atoms with Crippen molar-refractivity contribution < 1.29 is 18.7 Å². The van der Waals surface area contributed by atoms with Gasteiger partial charge in [-0.1, -0.05) is 12.1 Å². The predicted molar refractivity (Wildman–Crippen MR) is 110 cm³/mol. The fourth-order valence-corrected chi connectivity index (χ4v) is 3.48. The van der Waals surface area contributed by atoms with Gasteiger partial charge in [0.15, 0.2) is 0 Å². The van der Waals surface area contributed by atoms with E-state index in [1.54, 1.807) is 60.7 Å². The van der Waals surface area contributed by atoms with Gasteiger partial charge < -0.3 is 9.15 Å². The monoisotopic (exact) mass is 398 g/mol. The molecule has 0 saturated heterocycles. The lowest BCUT2D eigenvalue weighted by Crippen LogP contribution is -2.29. The van der Waals surface area contributed by atoms with Crippen molar-refractivity contribution in [3.8, 4) is 17.2 Å². The third kappa shape index (κ3) is 2.68. The first kappa shape index (κ1) is 17.8. The molecule has 0 unspecified atom stereocenters. The van der Waals surface area contributed by atoms with Gasteiger partial charge in [0.25, 0.3) is 11.8 Å². The van der Waals surface area contributed by atoms with E-state index >= 15 is 0 Å². The molecular weight excluding hydrogens is 384 g/mol. The van der Waals surface area contributed by atoms with Crippen molar-refractivity contribution in [2.24, 2.45) is 0 Å². The molecule has 1 aromatic heterocycles. The number of hydrogen-bond donors (Lipinski definition) is 0. The van der Waals surface area contributed by atoms with E-state index in [-0.39, 0.29) is 17.0 Å². The topological polar surface area (TPSA) is 89.7 Å². The average Bonchev–Trinajstić information content (AvgIpc) is 3.03. The number of hydrogen-bond acceptors (Lipinski definition) is 6. The van der Waals surface area contributed by atoms with Crippen molar-refractivity contribution in [1.29, 1.82) is 0 Å². The second-order valence-electron chi connectivity index (χ2n) is 6.73. The van der Waals surface area contributed by atoms with Crippen molar-refractivity contribution in [3.05, 3.63) is 88.3 Å². The standard InChI is InChI=1S/C23H14N2O5/c1-29-15-9-7-14(8-10-15)25-21(26)16-11-6-13(12-18(16)22(25)27)20-24-19-5-3-2-4-17(19)23(28)30-20/h2-12H,1H3. The summed E-state index contributed by atoms with van der Waals surface area (Å²) in [7, 11) is 1.54. The Balaban J connectivity index is 1.57. The molecule has 5 rings (SSSR count). The van der Waals surface area contributed by atoms with Gasteiger partial charge in [-0.2, -0.15) is 0 Å². The highest BCUT2D eigenvalue weighted by Gasteiger charge is 2.37. The molecule has 0 aliphatic carbocycles. The van der Waals surface area contributed by atoms with Gasteiger partial charge in [0.05, 0.1) is 34.8 Å². The van der Waals surface area contributed by atoms with Gasteiger partial charge in [-0.15, -0.1) is 0 Å². The summed E-state index contributed by atoms with van der Waals surface area (Å²) in [5.74, 6) is -0.163. The first-order valence-electron chi connectivity index (χ1n) is 9.14. The maximum absolute atomic E-state index is 13.0. The lowest BCUT2D eigenvalue weighted by Gasteiger charge is -2.14. The fraction of sp³-hybridized carbons (Fsp3) is 0.0435. The van der Waals surface area contributed by atoms with Crippen LogP contribution in [-0.4, -0.2) is 23.9 Å². The minimum absolute atomic E-state index is 0.0876. The van der Waals surface area contributed by atoms with Crippen LogP contribution in [0.5, 0.6) is 5.75 Å². The summed E-state index contributed by atoms with van der Waals surface area (Å²) >= 11 is 0. The van der Waals surface area contributed by atoms with E-state index in [0.29, 0.717) is 27.9 Å². The molecule has 0 atom stereocenters. The first-order chi connectivity index (χ1) is 14.6. The number of benzene rings is 3. The zero-order chi connectivity index (χ0) is 20.8. The third-order valence-corrected chi connectivity index (χ3v) is 5.00. The van der Waals surface area contributed by atoms with Crippen LogP contribution in [0.1, 0.15) is 20.7 Å². The Hall–Kier alpha value is -4.26. The summed E-state index contributed by atoms with van der Waals surface area (Å²) in [5.41, 5.74) is 1.37. The minimum atomic E-state index is -0.515. The zero-order valence-electron chi connectivity index (χ0n) is 15.8. The molecular formula is C23H14N2O5. The number of fused-ring (bicyclic) bond motifs is 2. The number of nitrogens with zero attached hydrogens (tertiary/aromatic N) is 2. The Morgan fingerprint density at radius 3 is 2.37 bits per heavy atom. The summed E-state index contributed by atoms with van der Waals surface area (Å²) < 4.78 is 10.5. The molecule has 0 spiro atoms. The second kappa shape index (κ2) is 6.66. The van der Waals surface area contributed by atoms with Crippen molar-refractivity contribution in [2.75, 3.05) is 12.0 Å². The maximum atomic E-state index is 13.0. The largest absolute Gasteiger partial charge is 0.497 e. The molecule has 0 saturated carbocycles. The molecule has 7 nitrogen and oxygen atoms in total. The van der Waals surface area contributed by atoms with Gasteiger partial charge in [-0.05, 0) is 54.6 Å². The van der Waals surface area contributed by atoms with E-state index in [2.05, 4.69) is 4.98 Å². The van der Waals surface area contributed by atoms with Crippen LogP contribution in [0.25, 0.3) is 22.4 Å². The molecule has 0 bridgehead atoms. The summed E-state index contributed by atoms with van der Waals surface area (Å²) in [6, 6.07) is 18.2. The lowest BCUT2D eigenvalue weighted by atomic mass is 10.1. The number of carbonyl (C=O) groups excluding carboxylic acids is 2. The molecule has 0 N–H and O–H groups in total. The summed E-state index contributed by atoms with van der Waals surface area (Å²) in [6.07, 6.45) is 0. The number of methoxy groups -OCH3 is 1. The molecule has 30 heavy (non-hydrogen) atoms. The quantitative estimate of drug-likeness (QED) is 0.489. The number of para-hydroxylation sites is 1. The van der Waals surface area contributed by atoms with E-state index < -0.39 is 17.4 Å². The number of amides is 2. The maximum Gasteiger partial charge on any atom is 0.347 e. The molecule has 0 fully saturated rings. The second-order valence-corrected chi connectivity index (χ2v) is 6.73. The summed E-state index contributed by atoms with van der Waals surface area (Å²) in [4.78, 5) is 43.6. The molecule has 2 heterocycles. The highest BCUT2D eigenvalue weighted by Crippen LogP contribution is 2.32. The number of carbonyl (C=O) groups is 2. The van der Waals surface area contributed by atoms with Crippen molar-refractivity contribution in [1.82, 2.24) is 4.98 Å². The van der Waals surface area contributed by atoms with Crippen LogP contribution in [0.2, 0.25) is 0 Å². The Labute approximate surface area is 170 Å². The Kier molecular flexibility index (Phi) is 3.96. The van der Waals surface area contributed by atoms with Crippen molar-refractivity contribution in [2.45, 2.75) is 0 Å². The van der Waals surface area contributed by atoms with Crippen LogP contribution in [0.15, 0.2) is 75.9 Å². The van der Waals surface area contributed by atoms with E-state index in [0.717, 1.165) is 4.90 Å². The van der Waals surface area contributed by atoms with E-state index in [1.165, 1.54) is 13.2 Å². The van der Waals surface area contributed by atoms with Gasteiger partial charge in [0.1, 0.15) is 5.75 Å². The Morgan fingerprint density at radius 2 is 1.60 bits per heavy atom. The van der Waals surface area contributed by atoms with E-state index in [9.17, 15) is 14.4 Å². The van der Waals surface area contributed by atoms with E-state index in [1.807, 2.05) is 0 Å². The number of imide groups is 1. The smallest absolute Gasteiger partial charge is 0.347 e. The van der Waals surface area contributed by atoms with Gasteiger partial charge >= 0.3 is 5.63 Å². The number of anilines is 1. The van der Waals surface area contributed by atoms with Crippen LogP contribution >= 0.6 is 0 Å². The molecule has 1 aliphatic rings. The zero-order valence-corrected chi connectivity index (χ0v) is 15.8. The average molecular weight is 398 g/mol. The highest BCUT2D eigenvalue weighted by molar-refractivity contribution is 6.34. The van der Waals surface area contributed by atoms with Crippen molar-refractivity contribution in [3.63, 3.8) is 0 Å².